The molecule has 2 aliphatic rings. The summed E-state index contributed by atoms with van der Waals surface area (Å²) in [6.45, 7) is 5.99. The maximum absolute atomic E-state index is 13.4. The lowest BCUT2D eigenvalue weighted by atomic mass is 9.80. The first kappa shape index (κ1) is 27.8. The number of rotatable bonds is 8. The van der Waals surface area contributed by atoms with Crippen molar-refractivity contribution in [3.63, 3.8) is 0 Å². The molecule has 8 nitrogen and oxygen atoms in total. The van der Waals surface area contributed by atoms with E-state index in [1.165, 1.54) is 0 Å². The van der Waals surface area contributed by atoms with Crippen molar-refractivity contribution in [1.29, 1.82) is 0 Å². The van der Waals surface area contributed by atoms with Gasteiger partial charge in [-0.15, -0.1) is 0 Å². The second-order valence-corrected chi connectivity index (χ2v) is 12.0. The summed E-state index contributed by atoms with van der Waals surface area (Å²) in [6.07, 6.45) is 2.10. The third kappa shape index (κ3) is 5.32. The summed E-state index contributed by atoms with van der Waals surface area (Å²) in [5, 5.41) is 19.5. The van der Waals surface area contributed by atoms with Gasteiger partial charge < -0.3 is 19.6 Å². The van der Waals surface area contributed by atoms with Crippen molar-refractivity contribution >= 4 is 12.0 Å². The van der Waals surface area contributed by atoms with Crippen LogP contribution in [0.4, 0.5) is 4.79 Å². The van der Waals surface area contributed by atoms with Crippen molar-refractivity contribution in [1.82, 2.24) is 20.0 Å². The molecule has 0 spiro atoms. The first-order valence-corrected chi connectivity index (χ1v) is 13.9. The van der Waals surface area contributed by atoms with Gasteiger partial charge in [0.15, 0.2) is 0 Å². The fourth-order valence-corrected chi connectivity index (χ4v) is 5.88. The van der Waals surface area contributed by atoms with Gasteiger partial charge >= 0.3 is 6.09 Å². The molecule has 1 saturated heterocycles. The Morgan fingerprint density at radius 1 is 1.02 bits per heavy atom. The largest absolute Gasteiger partial charge is 0.438 e. The molecule has 2 fully saturated rings. The molecule has 2 heterocycles. The van der Waals surface area contributed by atoms with E-state index >= 15 is 0 Å². The quantitative estimate of drug-likeness (QED) is 0.419. The number of likely N-dealkylation sites (N-methyl/N-ethyl adjacent to an activating group) is 1. The Labute approximate surface area is 236 Å². The Morgan fingerprint density at radius 2 is 1.70 bits per heavy atom. The minimum Gasteiger partial charge on any atom is -0.438 e. The Kier molecular flexibility index (Phi) is 7.17. The van der Waals surface area contributed by atoms with Crippen molar-refractivity contribution in [2.75, 3.05) is 20.6 Å². The molecular weight excluding hydrogens is 504 g/mol. The molecule has 1 saturated carbocycles. The van der Waals surface area contributed by atoms with E-state index in [1.54, 1.807) is 37.7 Å². The first-order chi connectivity index (χ1) is 18.9. The average Bonchev–Trinajstić information content (AvgIpc) is 3.74. The number of carbonyl (C=O) groups is 2. The van der Waals surface area contributed by atoms with Crippen LogP contribution in [0.1, 0.15) is 69.3 Å². The lowest BCUT2D eigenvalue weighted by molar-refractivity contribution is -0.131. The van der Waals surface area contributed by atoms with E-state index in [2.05, 4.69) is 10.2 Å². The predicted octanol–water partition coefficient (Wildman–Crippen LogP) is 5.22. The van der Waals surface area contributed by atoms with Crippen LogP contribution in [0.2, 0.25) is 0 Å². The minimum atomic E-state index is -0.998. The summed E-state index contributed by atoms with van der Waals surface area (Å²) in [4.78, 5) is 29.3. The zero-order valence-electron chi connectivity index (χ0n) is 23.9. The summed E-state index contributed by atoms with van der Waals surface area (Å²) >= 11 is 0. The number of amides is 2. The molecule has 3 aromatic rings. The summed E-state index contributed by atoms with van der Waals surface area (Å²) in [5.74, 6) is 0.0743. The molecule has 1 aromatic heterocycles. The average molecular weight is 543 g/mol. The normalized spacial score (nSPS) is 20.9. The van der Waals surface area contributed by atoms with Crippen molar-refractivity contribution in [3.8, 4) is 11.3 Å². The van der Waals surface area contributed by atoms with Crippen LogP contribution in [0.3, 0.4) is 0 Å². The van der Waals surface area contributed by atoms with Crippen LogP contribution in [-0.4, -0.2) is 63.3 Å². The summed E-state index contributed by atoms with van der Waals surface area (Å²) in [7, 11) is 3.54. The molecular formula is C32H38N4O4. The molecule has 0 bridgehead atoms. The first-order valence-electron chi connectivity index (χ1n) is 13.9. The highest BCUT2D eigenvalue weighted by molar-refractivity contribution is 5.90. The smallest absolute Gasteiger partial charge is 0.411 e. The van der Waals surface area contributed by atoms with Gasteiger partial charge in [0.2, 0.25) is 5.91 Å². The van der Waals surface area contributed by atoms with E-state index in [9.17, 15) is 14.7 Å². The fourth-order valence-electron chi connectivity index (χ4n) is 5.88. The second kappa shape index (κ2) is 10.3. The molecule has 8 heteroatoms. The monoisotopic (exact) mass is 542 g/mol. The van der Waals surface area contributed by atoms with Crippen LogP contribution in [0, 0.1) is 0 Å². The number of carbonyl (C=O) groups excluding carboxylic acids is 2. The number of aliphatic hydroxyl groups is 1. The zero-order valence-corrected chi connectivity index (χ0v) is 23.9. The Hall–Kier alpha value is -3.78. The van der Waals surface area contributed by atoms with E-state index in [-0.39, 0.29) is 11.9 Å². The third-order valence-electron chi connectivity index (χ3n) is 8.17. The summed E-state index contributed by atoms with van der Waals surface area (Å²) < 4.78 is 6.14. The lowest BCUT2D eigenvalue weighted by Gasteiger charge is -2.45. The van der Waals surface area contributed by atoms with Gasteiger partial charge in [-0.2, -0.15) is 10.2 Å². The van der Waals surface area contributed by atoms with Crippen LogP contribution >= 0.6 is 0 Å². The molecule has 1 N–H and O–H groups in total. The van der Waals surface area contributed by atoms with E-state index < -0.39 is 22.7 Å². The van der Waals surface area contributed by atoms with Gasteiger partial charge in [-0.25, -0.2) is 4.79 Å². The van der Waals surface area contributed by atoms with Gasteiger partial charge in [-0.3, -0.25) is 4.79 Å². The second-order valence-electron chi connectivity index (χ2n) is 12.0. The number of hydrogen-bond donors (Lipinski definition) is 1. The molecule has 1 aliphatic heterocycles. The lowest BCUT2D eigenvalue weighted by Crippen LogP contribution is -2.51. The molecule has 0 unspecified atom stereocenters. The SMILES string of the molecule is C[C@@H](c1ccc(-c2ccc(C3(C(=O)N(C)C)CC3)nn2)cc1)N1CC[C@](CC(C)(C)O)(c2ccccc2)OC1=O. The van der Waals surface area contributed by atoms with Gasteiger partial charge in [-0.05, 0) is 56.9 Å². The number of ether oxygens (including phenoxy) is 1. The zero-order chi connectivity index (χ0) is 28.7. The van der Waals surface area contributed by atoms with E-state index in [0.29, 0.717) is 19.4 Å². The maximum atomic E-state index is 13.4. The number of cyclic esters (lactones) is 1. The van der Waals surface area contributed by atoms with Crippen molar-refractivity contribution in [2.45, 2.75) is 69.1 Å². The van der Waals surface area contributed by atoms with Gasteiger partial charge in [0.25, 0.3) is 0 Å². The van der Waals surface area contributed by atoms with Crippen LogP contribution in [0.15, 0.2) is 66.7 Å². The van der Waals surface area contributed by atoms with Crippen LogP contribution in [0.5, 0.6) is 0 Å². The van der Waals surface area contributed by atoms with Gasteiger partial charge in [-0.1, -0.05) is 54.6 Å². The van der Waals surface area contributed by atoms with E-state index in [4.69, 9.17) is 4.74 Å². The van der Waals surface area contributed by atoms with E-state index in [0.717, 1.165) is 40.9 Å². The number of hydrogen-bond acceptors (Lipinski definition) is 6. The standard InChI is InChI=1S/C32H38N4O4/c1-22(36-20-19-32(40-29(36)38,21-30(2,3)39)25-9-7-6-8-10-25)23-11-13-24(14-12-23)26-15-16-27(34-33-26)31(17-18-31)28(37)35(4)5/h6-16,22,39H,17-21H2,1-5H3/t22-,32-/m0/s1. The highest BCUT2D eigenvalue weighted by Gasteiger charge is 2.53. The molecule has 2 atom stereocenters. The van der Waals surface area contributed by atoms with Gasteiger partial charge in [0, 0.05) is 39.0 Å². The maximum Gasteiger partial charge on any atom is 0.411 e. The molecule has 2 aromatic carbocycles. The van der Waals surface area contributed by atoms with Crippen LogP contribution in [0.25, 0.3) is 11.3 Å². The predicted molar refractivity (Wildman–Crippen MR) is 152 cm³/mol. The Morgan fingerprint density at radius 3 is 2.23 bits per heavy atom. The summed E-state index contributed by atoms with van der Waals surface area (Å²) in [6, 6.07) is 21.3. The van der Waals surface area contributed by atoms with Crippen LogP contribution < -0.4 is 0 Å². The number of benzene rings is 2. The van der Waals surface area contributed by atoms with Gasteiger partial charge in [0.05, 0.1) is 28.4 Å². The summed E-state index contributed by atoms with van der Waals surface area (Å²) in [5.41, 5.74) is 1.84. The van der Waals surface area contributed by atoms with Crippen molar-refractivity contribution in [3.05, 3.63) is 83.6 Å². The molecule has 40 heavy (non-hydrogen) atoms. The Bertz CT molecular complexity index is 1360. The van der Waals surface area contributed by atoms with Crippen molar-refractivity contribution < 1.29 is 19.4 Å². The third-order valence-corrected chi connectivity index (χ3v) is 8.17. The molecule has 5 rings (SSSR count). The Balaban J connectivity index is 1.29. The van der Waals surface area contributed by atoms with Crippen LogP contribution in [-0.2, 0) is 20.5 Å². The van der Waals surface area contributed by atoms with Gasteiger partial charge in [0.1, 0.15) is 5.60 Å². The topological polar surface area (TPSA) is 95.9 Å². The van der Waals surface area contributed by atoms with E-state index in [1.807, 2.05) is 73.7 Å². The highest BCUT2D eigenvalue weighted by atomic mass is 16.6. The number of nitrogens with zero attached hydrogens (tertiary/aromatic N) is 4. The number of aromatic nitrogens is 2. The molecule has 2 amide bonds. The molecule has 1 aliphatic carbocycles. The molecule has 0 radical (unpaired) electrons. The minimum absolute atomic E-state index is 0.0743. The van der Waals surface area contributed by atoms with Crippen molar-refractivity contribution in [2.24, 2.45) is 0 Å². The fraction of sp³-hybridized carbons (Fsp3) is 0.438. The highest BCUT2D eigenvalue weighted by Crippen LogP contribution is 2.48. The molecule has 210 valence electrons.